The molecule has 0 unspecified atom stereocenters. The number of nitrogens with one attached hydrogen (secondary N) is 1. The summed E-state index contributed by atoms with van der Waals surface area (Å²) in [5.41, 5.74) is 4.97. The van der Waals surface area contributed by atoms with Crippen LogP contribution in [0.3, 0.4) is 0 Å². The maximum absolute atomic E-state index is 12.8. The van der Waals surface area contributed by atoms with Gasteiger partial charge >= 0.3 is 0 Å². The number of pyridine rings is 2. The highest BCUT2D eigenvalue weighted by Gasteiger charge is 2.11. The molecule has 1 amide bonds. The normalized spacial score (nSPS) is 10.9. The van der Waals surface area contributed by atoms with Gasteiger partial charge in [-0.1, -0.05) is 36.4 Å². The van der Waals surface area contributed by atoms with E-state index in [9.17, 15) is 9.90 Å². The first-order chi connectivity index (χ1) is 17.7. The number of aromatic nitrogens is 2. The maximum atomic E-state index is 12.8. The van der Waals surface area contributed by atoms with Gasteiger partial charge in [0.2, 0.25) is 0 Å². The summed E-state index contributed by atoms with van der Waals surface area (Å²) in [5.74, 6) is 0.165. The predicted molar refractivity (Wildman–Crippen MR) is 142 cm³/mol. The third-order valence-corrected chi connectivity index (χ3v) is 6.05. The number of nitrogens with zero attached hydrogens (tertiary/aromatic N) is 3. The lowest BCUT2D eigenvalue weighted by Gasteiger charge is -2.22. The van der Waals surface area contributed by atoms with Crippen LogP contribution in [0.2, 0.25) is 0 Å². The Labute approximate surface area is 212 Å². The summed E-state index contributed by atoms with van der Waals surface area (Å²) in [4.78, 5) is 24.1. The molecule has 4 aromatic rings. The Kier molecular flexibility index (Phi) is 9.17. The highest BCUT2D eigenvalue weighted by Crippen LogP contribution is 2.12. The van der Waals surface area contributed by atoms with Gasteiger partial charge in [0.25, 0.3) is 5.91 Å². The van der Waals surface area contributed by atoms with Crippen LogP contribution < -0.4 is 5.32 Å². The van der Waals surface area contributed by atoms with Crippen LogP contribution in [0.25, 0.3) is 0 Å². The molecule has 2 aromatic heterocycles. The van der Waals surface area contributed by atoms with E-state index in [-0.39, 0.29) is 11.7 Å². The van der Waals surface area contributed by atoms with Crippen LogP contribution in [0.15, 0.2) is 97.3 Å². The molecule has 184 valence electrons. The van der Waals surface area contributed by atoms with Crippen LogP contribution in [0.1, 0.15) is 32.9 Å². The molecule has 2 heterocycles. The predicted octanol–water partition coefficient (Wildman–Crippen LogP) is 4.44. The molecule has 0 atom stereocenters. The summed E-state index contributed by atoms with van der Waals surface area (Å²) >= 11 is 0. The number of hydrogen-bond donors (Lipinski definition) is 2. The molecule has 0 aliphatic heterocycles. The Morgan fingerprint density at radius 1 is 0.750 bits per heavy atom. The van der Waals surface area contributed by atoms with E-state index in [2.05, 4.69) is 38.4 Å². The lowest BCUT2D eigenvalue weighted by molar-refractivity contribution is 0.0954. The smallest absolute Gasteiger partial charge is 0.251 e. The van der Waals surface area contributed by atoms with E-state index in [4.69, 9.17) is 0 Å². The Morgan fingerprint density at radius 2 is 1.42 bits per heavy atom. The van der Waals surface area contributed by atoms with Gasteiger partial charge in [0.05, 0.1) is 0 Å². The summed E-state index contributed by atoms with van der Waals surface area (Å²) in [6, 6.07) is 26.9. The quantitative estimate of drug-likeness (QED) is 0.313. The average molecular weight is 481 g/mol. The van der Waals surface area contributed by atoms with Crippen molar-refractivity contribution >= 4 is 5.91 Å². The van der Waals surface area contributed by atoms with Crippen molar-refractivity contribution in [1.82, 2.24) is 20.2 Å². The van der Waals surface area contributed by atoms with Crippen molar-refractivity contribution in [3.63, 3.8) is 0 Å². The summed E-state index contributed by atoms with van der Waals surface area (Å²) in [6.07, 6.45) is 6.09. The number of carbonyl (C=O) groups excluding carboxylic acids is 1. The second-order valence-electron chi connectivity index (χ2n) is 8.79. The second-order valence-corrected chi connectivity index (χ2v) is 8.79. The topological polar surface area (TPSA) is 78.4 Å². The van der Waals surface area contributed by atoms with Crippen molar-refractivity contribution in [2.75, 3.05) is 19.6 Å². The second kappa shape index (κ2) is 13.2. The van der Waals surface area contributed by atoms with E-state index in [1.165, 1.54) is 0 Å². The minimum Gasteiger partial charge on any atom is -0.508 e. The van der Waals surface area contributed by atoms with Gasteiger partial charge in [0.1, 0.15) is 5.75 Å². The third-order valence-electron chi connectivity index (χ3n) is 6.05. The molecule has 2 N–H and O–H groups in total. The van der Waals surface area contributed by atoms with E-state index in [1.54, 1.807) is 12.1 Å². The monoisotopic (exact) mass is 480 g/mol. The summed E-state index contributed by atoms with van der Waals surface area (Å²) < 4.78 is 0. The SMILES string of the molecule is O=C(NCCc1ccc(O)cc1)c1cccc(CN(CCc2ccccn2)CCc2ccccn2)c1. The number of amides is 1. The van der Waals surface area contributed by atoms with Gasteiger partial charge in [-0.15, -0.1) is 0 Å². The van der Waals surface area contributed by atoms with Crippen LogP contribution >= 0.6 is 0 Å². The molecule has 2 aromatic carbocycles. The molecule has 0 radical (unpaired) electrons. The van der Waals surface area contributed by atoms with Crippen LogP contribution in [0.4, 0.5) is 0 Å². The molecule has 0 spiro atoms. The van der Waals surface area contributed by atoms with Crippen LogP contribution in [0, 0.1) is 0 Å². The molecule has 6 heteroatoms. The molecule has 0 aliphatic rings. The number of aromatic hydroxyl groups is 1. The third kappa shape index (κ3) is 8.03. The van der Waals surface area contributed by atoms with E-state index in [0.29, 0.717) is 18.5 Å². The minimum atomic E-state index is -0.0795. The van der Waals surface area contributed by atoms with Gasteiger partial charge in [-0.3, -0.25) is 19.7 Å². The zero-order chi connectivity index (χ0) is 25.0. The largest absolute Gasteiger partial charge is 0.508 e. The first-order valence-electron chi connectivity index (χ1n) is 12.3. The van der Waals surface area contributed by atoms with Crippen molar-refractivity contribution in [1.29, 1.82) is 0 Å². The lowest BCUT2D eigenvalue weighted by atomic mass is 10.1. The van der Waals surface area contributed by atoms with E-state index < -0.39 is 0 Å². The summed E-state index contributed by atoms with van der Waals surface area (Å²) in [6.45, 7) is 3.02. The fraction of sp³-hybridized carbons (Fsp3) is 0.233. The van der Waals surface area contributed by atoms with Gasteiger partial charge in [-0.2, -0.15) is 0 Å². The molecule has 36 heavy (non-hydrogen) atoms. The number of carbonyl (C=O) groups is 1. The first kappa shape index (κ1) is 25.1. The average Bonchev–Trinajstić information content (AvgIpc) is 2.92. The van der Waals surface area contributed by atoms with Gasteiger partial charge in [-0.05, 0) is 66.1 Å². The number of benzene rings is 2. The van der Waals surface area contributed by atoms with Crippen molar-refractivity contribution in [2.24, 2.45) is 0 Å². The standard InChI is InChI=1S/C30H32N4O2/c35-29-12-10-24(11-13-29)14-19-33-30(36)26-7-5-6-25(22-26)23-34(20-15-27-8-1-3-17-31-27)21-16-28-9-2-4-18-32-28/h1-13,17-18,22,35H,14-16,19-21,23H2,(H,33,36). The van der Waals surface area contributed by atoms with Crippen molar-refractivity contribution in [3.05, 3.63) is 125 Å². The Balaban J connectivity index is 1.36. The van der Waals surface area contributed by atoms with Gasteiger partial charge in [0.15, 0.2) is 0 Å². The summed E-state index contributed by atoms with van der Waals surface area (Å²) in [5, 5.41) is 12.4. The van der Waals surface area contributed by atoms with Crippen LogP contribution in [-0.4, -0.2) is 45.5 Å². The number of phenolic OH excluding ortho intramolecular Hbond substituents is 1. The van der Waals surface area contributed by atoms with Gasteiger partial charge in [-0.25, -0.2) is 0 Å². The Hall–Kier alpha value is -4.03. The van der Waals surface area contributed by atoms with Crippen molar-refractivity contribution in [2.45, 2.75) is 25.8 Å². The van der Waals surface area contributed by atoms with Crippen LogP contribution in [-0.2, 0) is 25.8 Å². The molecular formula is C30H32N4O2. The molecule has 0 fully saturated rings. The number of phenols is 1. The fourth-order valence-electron chi connectivity index (χ4n) is 4.06. The molecular weight excluding hydrogens is 448 g/mol. The maximum Gasteiger partial charge on any atom is 0.251 e. The zero-order valence-electron chi connectivity index (χ0n) is 20.4. The van der Waals surface area contributed by atoms with E-state index in [0.717, 1.165) is 55.0 Å². The minimum absolute atomic E-state index is 0.0795. The van der Waals surface area contributed by atoms with E-state index in [1.807, 2.05) is 67.0 Å². The molecule has 0 aliphatic carbocycles. The number of rotatable bonds is 12. The highest BCUT2D eigenvalue weighted by molar-refractivity contribution is 5.94. The number of hydrogen-bond acceptors (Lipinski definition) is 5. The van der Waals surface area contributed by atoms with Crippen molar-refractivity contribution in [3.8, 4) is 5.75 Å². The molecule has 0 saturated heterocycles. The van der Waals surface area contributed by atoms with Gasteiger partial charge < -0.3 is 10.4 Å². The lowest BCUT2D eigenvalue weighted by Crippen LogP contribution is -2.29. The molecule has 4 rings (SSSR count). The van der Waals surface area contributed by atoms with Crippen molar-refractivity contribution < 1.29 is 9.90 Å². The Morgan fingerprint density at radius 3 is 2.03 bits per heavy atom. The molecule has 6 nitrogen and oxygen atoms in total. The summed E-state index contributed by atoms with van der Waals surface area (Å²) in [7, 11) is 0. The highest BCUT2D eigenvalue weighted by atomic mass is 16.3. The fourth-order valence-corrected chi connectivity index (χ4v) is 4.06. The first-order valence-corrected chi connectivity index (χ1v) is 12.3. The van der Waals surface area contributed by atoms with E-state index >= 15 is 0 Å². The molecule has 0 saturated carbocycles. The Bertz CT molecular complexity index is 1170. The van der Waals surface area contributed by atoms with Crippen LogP contribution in [0.5, 0.6) is 5.75 Å². The zero-order valence-corrected chi connectivity index (χ0v) is 20.4. The van der Waals surface area contributed by atoms with Gasteiger partial charge in [0, 0.05) is 68.4 Å². The molecule has 0 bridgehead atoms.